The Labute approximate surface area is 205 Å². The Hall–Kier alpha value is -3.39. The minimum atomic E-state index is -0.945. The van der Waals surface area contributed by atoms with E-state index < -0.39 is 36.0 Å². The molecule has 8 nitrogen and oxygen atoms in total. The van der Waals surface area contributed by atoms with Crippen molar-refractivity contribution in [3.63, 3.8) is 0 Å². The Bertz CT molecular complexity index is 1040. The van der Waals surface area contributed by atoms with Crippen LogP contribution in [0.4, 0.5) is 4.79 Å². The van der Waals surface area contributed by atoms with Crippen molar-refractivity contribution in [1.29, 1.82) is 0 Å². The van der Waals surface area contributed by atoms with Gasteiger partial charge < -0.3 is 25.2 Å². The third kappa shape index (κ3) is 5.65. The summed E-state index contributed by atoms with van der Waals surface area (Å²) in [4.78, 5) is 36.8. The lowest BCUT2D eigenvalue weighted by atomic mass is 9.97. The van der Waals surface area contributed by atoms with Gasteiger partial charge in [-0.2, -0.15) is 0 Å². The molecular weight excluding hydrogens is 448 g/mol. The number of rotatable bonds is 9. The third-order valence-corrected chi connectivity index (χ3v) is 6.62. The Morgan fingerprint density at radius 2 is 1.69 bits per heavy atom. The van der Waals surface area contributed by atoms with E-state index in [1.165, 1.54) is 0 Å². The first kappa shape index (κ1) is 24.7. The molecule has 2 amide bonds. The summed E-state index contributed by atoms with van der Waals surface area (Å²) in [6.45, 7) is 4.39. The molecule has 3 N–H and O–H groups in total. The number of hydrogen-bond donors (Lipinski definition) is 3. The van der Waals surface area contributed by atoms with Gasteiger partial charge in [-0.3, -0.25) is 9.59 Å². The highest BCUT2D eigenvalue weighted by Crippen LogP contribution is 2.44. The number of carbonyl (C=O) groups excluding carboxylic acids is 2. The van der Waals surface area contributed by atoms with Crippen LogP contribution in [0, 0.1) is 11.8 Å². The molecule has 4 rings (SSSR count). The van der Waals surface area contributed by atoms with E-state index >= 15 is 0 Å². The van der Waals surface area contributed by atoms with Crippen LogP contribution in [0.15, 0.2) is 48.5 Å². The predicted molar refractivity (Wildman–Crippen MR) is 130 cm³/mol. The van der Waals surface area contributed by atoms with Crippen LogP contribution in [0.5, 0.6) is 0 Å². The topological polar surface area (TPSA) is 114 Å². The molecule has 0 saturated carbocycles. The average molecular weight is 481 g/mol. The van der Waals surface area contributed by atoms with Gasteiger partial charge in [-0.25, -0.2) is 4.79 Å². The second-order valence-electron chi connectivity index (χ2n) is 9.57. The van der Waals surface area contributed by atoms with Crippen LogP contribution in [0.2, 0.25) is 0 Å². The highest BCUT2D eigenvalue weighted by atomic mass is 16.6. The lowest BCUT2D eigenvalue weighted by Gasteiger charge is -2.21. The number of ether oxygens (including phenoxy) is 2. The molecule has 1 heterocycles. The molecule has 0 aromatic heterocycles. The first-order chi connectivity index (χ1) is 16.8. The Morgan fingerprint density at radius 3 is 2.29 bits per heavy atom. The lowest BCUT2D eigenvalue weighted by Crippen LogP contribution is -2.49. The summed E-state index contributed by atoms with van der Waals surface area (Å²) in [7, 11) is 0. The minimum absolute atomic E-state index is 0.0177. The maximum Gasteiger partial charge on any atom is 0.407 e. The Kier molecular flexibility index (Phi) is 7.70. The molecule has 35 heavy (non-hydrogen) atoms. The molecule has 8 heteroatoms. The third-order valence-electron chi connectivity index (χ3n) is 6.62. The zero-order chi connectivity index (χ0) is 24.9. The van der Waals surface area contributed by atoms with Crippen molar-refractivity contribution in [2.75, 3.05) is 19.8 Å². The largest absolute Gasteiger partial charge is 0.481 e. The van der Waals surface area contributed by atoms with Gasteiger partial charge in [-0.15, -0.1) is 0 Å². The Balaban J connectivity index is 1.32. The molecule has 1 aliphatic carbocycles. The van der Waals surface area contributed by atoms with E-state index in [-0.39, 0.29) is 25.0 Å². The van der Waals surface area contributed by atoms with E-state index in [1.807, 2.05) is 38.1 Å². The van der Waals surface area contributed by atoms with Crippen LogP contribution in [0.25, 0.3) is 11.1 Å². The molecule has 1 fully saturated rings. The second kappa shape index (κ2) is 10.9. The molecule has 3 atom stereocenters. The average Bonchev–Trinajstić information content (AvgIpc) is 3.42. The maximum absolute atomic E-state index is 12.7. The number of hydrogen-bond acceptors (Lipinski definition) is 5. The van der Waals surface area contributed by atoms with Crippen LogP contribution in [-0.2, 0) is 19.1 Å². The van der Waals surface area contributed by atoms with Crippen molar-refractivity contribution in [2.45, 2.75) is 44.8 Å². The molecule has 1 aliphatic heterocycles. The van der Waals surface area contributed by atoms with Crippen molar-refractivity contribution in [3.8, 4) is 11.1 Å². The van der Waals surface area contributed by atoms with Gasteiger partial charge in [0.05, 0.1) is 12.0 Å². The van der Waals surface area contributed by atoms with Crippen molar-refractivity contribution in [3.05, 3.63) is 59.7 Å². The molecule has 0 spiro atoms. The first-order valence-corrected chi connectivity index (χ1v) is 12.1. The van der Waals surface area contributed by atoms with Gasteiger partial charge in [0.2, 0.25) is 0 Å². The SMILES string of the molecule is CC(C)CC(CNC(=O)C1OCCC1NC(=O)OCC1c2ccccc2-c2ccccc21)C(=O)O. The van der Waals surface area contributed by atoms with Gasteiger partial charge in [0.15, 0.2) is 6.10 Å². The van der Waals surface area contributed by atoms with Crippen LogP contribution in [0.3, 0.4) is 0 Å². The summed E-state index contributed by atoms with van der Waals surface area (Å²) in [5, 5.41) is 14.8. The number of aliphatic carboxylic acids is 1. The standard InChI is InChI=1S/C27H32N2O6/c1-16(2)13-17(26(31)32)14-28-25(30)24-23(11-12-34-24)29-27(33)35-15-22-20-9-5-3-7-18(20)19-8-4-6-10-21(19)22/h3-10,16-17,22-24H,11-15H2,1-2H3,(H,28,30)(H,29,33)(H,31,32). The highest BCUT2D eigenvalue weighted by molar-refractivity contribution is 5.83. The lowest BCUT2D eigenvalue weighted by molar-refractivity contribution is -0.142. The van der Waals surface area contributed by atoms with Crippen molar-refractivity contribution in [1.82, 2.24) is 10.6 Å². The summed E-state index contributed by atoms with van der Waals surface area (Å²) < 4.78 is 11.1. The molecule has 0 radical (unpaired) electrons. The molecule has 0 bridgehead atoms. The number of benzene rings is 2. The van der Waals surface area contributed by atoms with E-state index in [9.17, 15) is 19.5 Å². The van der Waals surface area contributed by atoms with Gasteiger partial charge in [0, 0.05) is 19.1 Å². The summed E-state index contributed by atoms with van der Waals surface area (Å²) in [6, 6.07) is 15.7. The molecule has 2 aliphatic rings. The van der Waals surface area contributed by atoms with E-state index in [0.717, 1.165) is 22.3 Å². The molecule has 3 unspecified atom stereocenters. The van der Waals surface area contributed by atoms with E-state index in [0.29, 0.717) is 19.4 Å². The number of nitrogens with one attached hydrogen (secondary N) is 2. The van der Waals surface area contributed by atoms with Crippen LogP contribution < -0.4 is 10.6 Å². The number of alkyl carbamates (subject to hydrolysis) is 1. The number of carbonyl (C=O) groups is 3. The summed E-state index contributed by atoms with van der Waals surface area (Å²) in [5.74, 6) is -1.91. The van der Waals surface area contributed by atoms with Crippen molar-refractivity contribution < 1.29 is 29.0 Å². The van der Waals surface area contributed by atoms with Crippen molar-refractivity contribution >= 4 is 18.0 Å². The van der Waals surface area contributed by atoms with Gasteiger partial charge in [0.25, 0.3) is 5.91 Å². The predicted octanol–water partition coefficient (Wildman–Crippen LogP) is 3.55. The fourth-order valence-corrected chi connectivity index (χ4v) is 4.95. The van der Waals surface area contributed by atoms with Crippen molar-refractivity contribution in [2.24, 2.45) is 11.8 Å². The number of amides is 2. The second-order valence-corrected chi connectivity index (χ2v) is 9.57. The number of carboxylic acid groups (broad SMARTS) is 1. The first-order valence-electron chi connectivity index (χ1n) is 12.1. The van der Waals surface area contributed by atoms with Gasteiger partial charge in [-0.1, -0.05) is 62.4 Å². The Morgan fingerprint density at radius 1 is 1.06 bits per heavy atom. The van der Waals surface area contributed by atoms with E-state index in [1.54, 1.807) is 0 Å². The maximum atomic E-state index is 12.7. The number of fused-ring (bicyclic) bond motifs is 3. The summed E-state index contributed by atoms with van der Waals surface area (Å²) in [6.07, 6.45) is -0.563. The van der Waals surface area contributed by atoms with E-state index in [2.05, 4.69) is 34.9 Å². The fourth-order valence-electron chi connectivity index (χ4n) is 4.95. The zero-order valence-corrected chi connectivity index (χ0v) is 20.0. The monoisotopic (exact) mass is 480 g/mol. The van der Waals surface area contributed by atoms with Crippen LogP contribution in [-0.4, -0.2) is 55.0 Å². The minimum Gasteiger partial charge on any atom is -0.481 e. The smallest absolute Gasteiger partial charge is 0.407 e. The quantitative estimate of drug-likeness (QED) is 0.506. The van der Waals surface area contributed by atoms with Gasteiger partial charge in [0.1, 0.15) is 6.61 Å². The molecule has 2 aromatic rings. The van der Waals surface area contributed by atoms with Crippen LogP contribution >= 0.6 is 0 Å². The highest BCUT2D eigenvalue weighted by Gasteiger charge is 2.36. The summed E-state index contributed by atoms with van der Waals surface area (Å²) >= 11 is 0. The van der Waals surface area contributed by atoms with Gasteiger partial charge >= 0.3 is 12.1 Å². The summed E-state index contributed by atoms with van der Waals surface area (Å²) in [5.41, 5.74) is 4.54. The molecule has 2 aromatic carbocycles. The van der Waals surface area contributed by atoms with E-state index in [4.69, 9.17) is 9.47 Å². The zero-order valence-electron chi connectivity index (χ0n) is 20.0. The normalized spacial score (nSPS) is 19.6. The van der Waals surface area contributed by atoms with Gasteiger partial charge in [-0.05, 0) is 41.0 Å². The molecular formula is C27H32N2O6. The molecule has 186 valence electrons. The fraction of sp³-hybridized carbons (Fsp3) is 0.444. The number of carboxylic acids is 1. The van der Waals surface area contributed by atoms with Crippen LogP contribution in [0.1, 0.15) is 43.7 Å². The molecule has 1 saturated heterocycles.